The fourth-order valence-corrected chi connectivity index (χ4v) is 2.84. The number of rotatable bonds is 8. The Morgan fingerprint density at radius 1 is 1.25 bits per heavy atom. The first-order valence-electron chi connectivity index (χ1n) is 7.19. The van der Waals surface area contributed by atoms with Crippen LogP contribution in [0, 0.1) is 0 Å². The quantitative estimate of drug-likeness (QED) is 0.749. The van der Waals surface area contributed by atoms with E-state index in [1.807, 2.05) is 18.2 Å². The Hall–Kier alpha value is -0.280. The van der Waals surface area contributed by atoms with Gasteiger partial charge in [0, 0.05) is 23.2 Å². The van der Waals surface area contributed by atoms with Crippen molar-refractivity contribution in [2.45, 2.75) is 51.7 Å². The predicted octanol–water partition coefficient (Wildman–Crippen LogP) is 4.72. The first kappa shape index (κ1) is 17.8. The molecule has 1 aromatic rings. The Morgan fingerprint density at radius 3 is 2.30 bits per heavy atom. The van der Waals surface area contributed by atoms with E-state index in [9.17, 15) is 0 Å². The first-order valence-corrected chi connectivity index (χ1v) is 7.95. The standard InChI is InChI=1S/C16H25Cl2NO/c1-5-10-19-15(16(3,6-2)20-4)11-12-13(17)8-7-9-14(12)18/h7-9,15,19H,5-6,10-11H2,1-4H3. The van der Waals surface area contributed by atoms with Crippen molar-refractivity contribution >= 4 is 23.2 Å². The molecule has 0 bridgehead atoms. The summed E-state index contributed by atoms with van der Waals surface area (Å²) in [6.07, 6.45) is 2.76. The van der Waals surface area contributed by atoms with Gasteiger partial charge in [-0.05, 0) is 50.4 Å². The molecule has 0 heterocycles. The normalized spacial score (nSPS) is 15.9. The molecule has 1 N–H and O–H groups in total. The molecule has 1 rings (SSSR count). The monoisotopic (exact) mass is 317 g/mol. The van der Waals surface area contributed by atoms with Crippen LogP contribution in [-0.2, 0) is 11.2 Å². The maximum atomic E-state index is 6.29. The van der Waals surface area contributed by atoms with E-state index >= 15 is 0 Å². The molecule has 0 aliphatic heterocycles. The lowest BCUT2D eigenvalue weighted by atomic mass is 9.88. The van der Waals surface area contributed by atoms with Crippen LogP contribution in [0.1, 0.15) is 39.2 Å². The molecule has 2 unspecified atom stereocenters. The molecule has 0 aliphatic carbocycles. The van der Waals surface area contributed by atoms with Crippen molar-refractivity contribution in [1.82, 2.24) is 5.32 Å². The minimum Gasteiger partial charge on any atom is -0.377 e. The van der Waals surface area contributed by atoms with Crippen LogP contribution in [0.15, 0.2) is 18.2 Å². The Kier molecular flexibility index (Phi) is 7.32. The summed E-state index contributed by atoms with van der Waals surface area (Å²) < 4.78 is 5.75. The van der Waals surface area contributed by atoms with E-state index in [-0.39, 0.29) is 11.6 Å². The highest BCUT2D eigenvalue weighted by Gasteiger charge is 2.33. The molecular weight excluding hydrogens is 293 g/mol. The smallest absolute Gasteiger partial charge is 0.0803 e. The van der Waals surface area contributed by atoms with Crippen molar-refractivity contribution in [2.24, 2.45) is 0 Å². The predicted molar refractivity (Wildman–Crippen MR) is 88.0 cm³/mol. The van der Waals surface area contributed by atoms with Crippen molar-refractivity contribution in [3.63, 3.8) is 0 Å². The van der Waals surface area contributed by atoms with Crippen LogP contribution in [0.4, 0.5) is 0 Å². The number of hydrogen-bond acceptors (Lipinski definition) is 2. The van der Waals surface area contributed by atoms with Gasteiger partial charge in [0.15, 0.2) is 0 Å². The lowest BCUT2D eigenvalue weighted by molar-refractivity contribution is -0.0287. The Bertz CT molecular complexity index is 399. The minimum atomic E-state index is -0.238. The van der Waals surface area contributed by atoms with Crippen molar-refractivity contribution < 1.29 is 4.74 Å². The Morgan fingerprint density at radius 2 is 1.85 bits per heavy atom. The van der Waals surface area contributed by atoms with Crippen molar-refractivity contribution in [3.05, 3.63) is 33.8 Å². The zero-order chi connectivity index (χ0) is 15.2. The van der Waals surface area contributed by atoms with E-state index in [1.54, 1.807) is 7.11 Å². The molecule has 0 aromatic heterocycles. The molecule has 114 valence electrons. The van der Waals surface area contributed by atoms with Crippen molar-refractivity contribution in [2.75, 3.05) is 13.7 Å². The molecule has 0 saturated carbocycles. The molecule has 0 aliphatic rings. The molecule has 1 aromatic carbocycles. The third kappa shape index (κ3) is 4.36. The topological polar surface area (TPSA) is 21.3 Å². The third-order valence-electron chi connectivity index (χ3n) is 4.02. The molecule has 2 atom stereocenters. The average Bonchev–Trinajstić information content (AvgIpc) is 2.45. The van der Waals surface area contributed by atoms with Gasteiger partial charge in [0.2, 0.25) is 0 Å². The molecule has 0 fully saturated rings. The van der Waals surface area contributed by atoms with E-state index in [0.29, 0.717) is 0 Å². The van der Waals surface area contributed by atoms with Crippen LogP contribution in [0.3, 0.4) is 0 Å². The van der Waals surface area contributed by atoms with E-state index in [4.69, 9.17) is 27.9 Å². The van der Waals surface area contributed by atoms with Gasteiger partial charge in [-0.25, -0.2) is 0 Å². The van der Waals surface area contributed by atoms with E-state index in [1.165, 1.54) is 0 Å². The zero-order valence-corrected chi connectivity index (χ0v) is 14.3. The van der Waals surface area contributed by atoms with Gasteiger partial charge in [0.05, 0.1) is 5.60 Å². The largest absolute Gasteiger partial charge is 0.377 e. The second-order valence-electron chi connectivity index (χ2n) is 5.28. The van der Waals surface area contributed by atoms with Gasteiger partial charge in [-0.2, -0.15) is 0 Å². The van der Waals surface area contributed by atoms with E-state index < -0.39 is 0 Å². The number of benzene rings is 1. The van der Waals surface area contributed by atoms with Crippen LogP contribution in [0.5, 0.6) is 0 Å². The van der Waals surface area contributed by atoms with Gasteiger partial charge < -0.3 is 10.1 Å². The van der Waals surface area contributed by atoms with Gasteiger partial charge in [0.1, 0.15) is 0 Å². The highest BCUT2D eigenvalue weighted by atomic mass is 35.5. The molecule has 2 nitrogen and oxygen atoms in total. The van der Waals surface area contributed by atoms with Crippen molar-refractivity contribution in [3.8, 4) is 0 Å². The lowest BCUT2D eigenvalue weighted by Gasteiger charge is -2.37. The molecule has 0 spiro atoms. The Balaban J connectivity index is 3.00. The van der Waals surface area contributed by atoms with Gasteiger partial charge in [0.25, 0.3) is 0 Å². The number of methoxy groups -OCH3 is 1. The third-order valence-corrected chi connectivity index (χ3v) is 4.72. The summed E-state index contributed by atoms with van der Waals surface area (Å²) in [6, 6.07) is 5.82. The highest BCUT2D eigenvalue weighted by molar-refractivity contribution is 6.36. The SMILES string of the molecule is CCCNC(Cc1c(Cl)cccc1Cl)C(C)(CC)OC. The van der Waals surface area contributed by atoms with Crippen LogP contribution >= 0.6 is 23.2 Å². The second-order valence-corrected chi connectivity index (χ2v) is 6.10. The molecule has 20 heavy (non-hydrogen) atoms. The number of hydrogen-bond donors (Lipinski definition) is 1. The molecule has 0 saturated heterocycles. The van der Waals surface area contributed by atoms with Crippen LogP contribution < -0.4 is 5.32 Å². The van der Waals surface area contributed by atoms with Gasteiger partial charge in [-0.15, -0.1) is 0 Å². The molecular formula is C16H25Cl2NO. The van der Waals surface area contributed by atoms with Gasteiger partial charge in [-0.1, -0.05) is 43.1 Å². The van der Waals surface area contributed by atoms with Gasteiger partial charge >= 0.3 is 0 Å². The summed E-state index contributed by atoms with van der Waals surface area (Å²) in [5.74, 6) is 0. The number of ether oxygens (including phenoxy) is 1. The zero-order valence-electron chi connectivity index (χ0n) is 12.8. The average molecular weight is 318 g/mol. The van der Waals surface area contributed by atoms with E-state index in [0.717, 1.165) is 41.4 Å². The summed E-state index contributed by atoms with van der Waals surface area (Å²) >= 11 is 12.6. The maximum Gasteiger partial charge on any atom is 0.0803 e. The first-order chi connectivity index (χ1) is 9.48. The molecule has 0 amide bonds. The summed E-state index contributed by atoms with van der Waals surface area (Å²) in [5.41, 5.74) is 0.749. The molecule has 4 heteroatoms. The summed E-state index contributed by atoms with van der Waals surface area (Å²) in [6.45, 7) is 7.37. The summed E-state index contributed by atoms with van der Waals surface area (Å²) in [4.78, 5) is 0. The van der Waals surface area contributed by atoms with E-state index in [2.05, 4.69) is 26.1 Å². The fourth-order valence-electron chi connectivity index (χ4n) is 2.29. The number of halogens is 2. The maximum absolute atomic E-state index is 6.29. The number of nitrogens with one attached hydrogen (secondary N) is 1. The minimum absolute atomic E-state index is 0.176. The van der Waals surface area contributed by atoms with Crippen molar-refractivity contribution in [1.29, 1.82) is 0 Å². The van der Waals surface area contributed by atoms with Crippen LogP contribution in [-0.4, -0.2) is 25.3 Å². The van der Waals surface area contributed by atoms with Gasteiger partial charge in [-0.3, -0.25) is 0 Å². The fraction of sp³-hybridized carbons (Fsp3) is 0.625. The highest BCUT2D eigenvalue weighted by Crippen LogP contribution is 2.29. The van der Waals surface area contributed by atoms with Crippen LogP contribution in [0.25, 0.3) is 0 Å². The summed E-state index contributed by atoms with van der Waals surface area (Å²) in [5, 5.41) is 5.01. The lowest BCUT2D eigenvalue weighted by Crippen LogP contribution is -2.51. The summed E-state index contributed by atoms with van der Waals surface area (Å²) in [7, 11) is 1.76. The molecule has 0 radical (unpaired) electrons. The second kappa shape index (κ2) is 8.23. The van der Waals surface area contributed by atoms with Crippen LogP contribution in [0.2, 0.25) is 10.0 Å². The Labute approximate surface area is 132 Å².